The van der Waals surface area contributed by atoms with Gasteiger partial charge in [0.1, 0.15) is 11.5 Å². The van der Waals surface area contributed by atoms with Gasteiger partial charge in [0.05, 0.1) is 12.3 Å². The van der Waals surface area contributed by atoms with Gasteiger partial charge in [0.15, 0.2) is 0 Å². The van der Waals surface area contributed by atoms with Crippen LogP contribution in [0.5, 0.6) is 0 Å². The van der Waals surface area contributed by atoms with Crippen LogP contribution in [0.3, 0.4) is 0 Å². The quantitative estimate of drug-likeness (QED) is 0.797. The average molecular weight is 246 g/mol. The number of hydrogen-bond donors (Lipinski definition) is 1. The van der Waals surface area contributed by atoms with Crippen molar-refractivity contribution in [3.63, 3.8) is 0 Å². The SMILES string of the molecule is CNCCS(=O)(=O)N(C)Cc1ccc(C)o1. The van der Waals surface area contributed by atoms with Crippen LogP contribution in [0.15, 0.2) is 16.5 Å². The lowest BCUT2D eigenvalue weighted by molar-refractivity contribution is 0.397. The summed E-state index contributed by atoms with van der Waals surface area (Å²) < 4.78 is 30.1. The van der Waals surface area contributed by atoms with Crippen LogP contribution in [-0.2, 0) is 16.6 Å². The highest BCUT2D eigenvalue weighted by Crippen LogP contribution is 2.10. The highest BCUT2D eigenvalue weighted by Gasteiger charge is 2.18. The van der Waals surface area contributed by atoms with E-state index in [1.165, 1.54) is 4.31 Å². The van der Waals surface area contributed by atoms with Gasteiger partial charge in [-0.25, -0.2) is 8.42 Å². The minimum absolute atomic E-state index is 0.0969. The number of rotatable bonds is 6. The number of hydrogen-bond acceptors (Lipinski definition) is 4. The largest absolute Gasteiger partial charge is 0.465 e. The van der Waals surface area contributed by atoms with Crippen LogP contribution in [0.4, 0.5) is 0 Å². The molecule has 0 aliphatic heterocycles. The standard InChI is InChI=1S/C10H18N2O3S/c1-9-4-5-10(15-9)8-12(3)16(13,14)7-6-11-2/h4-5,11H,6-8H2,1-3H3. The zero-order valence-electron chi connectivity index (χ0n) is 9.86. The van der Waals surface area contributed by atoms with Crippen LogP contribution in [0.1, 0.15) is 11.5 Å². The van der Waals surface area contributed by atoms with Crippen LogP contribution in [0.25, 0.3) is 0 Å². The summed E-state index contributed by atoms with van der Waals surface area (Å²) in [5.74, 6) is 1.55. The fourth-order valence-corrected chi connectivity index (χ4v) is 2.37. The van der Waals surface area contributed by atoms with Crippen LogP contribution in [-0.4, -0.2) is 39.1 Å². The Balaban J connectivity index is 2.61. The summed E-state index contributed by atoms with van der Waals surface area (Å²) in [4.78, 5) is 0. The molecule has 1 N–H and O–H groups in total. The number of furan rings is 1. The molecule has 0 bridgehead atoms. The third-order valence-electron chi connectivity index (χ3n) is 2.26. The minimum atomic E-state index is -3.20. The molecule has 0 aliphatic rings. The number of nitrogens with one attached hydrogen (secondary N) is 1. The summed E-state index contributed by atoms with van der Waals surface area (Å²) in [5.41, 5.74) is 0. The molecule has 0 unspecified atom stereocenters. The lowest BCUT2D eigenvalue weighted by atomic mass is 10.4. The smallest absolute Gasteiger partial charge is 0.215 e. The van der Waals surface area contributed by atoms with E-state index in [2.05, 4.69) is 5.32 Å². The number of aryl methyl sites for hydroxylation is 1. The molecule has 0 aliphatic carbocycles. The molecule has 0 saturated carbocycles. The van der Waals surface area contributed by atoms with Gasteiger partial charge in [0.25, 0.3) is 0 Å². The van der Waals surface area contributed by atoms with Crippen molar-refractivity contribution in [1.29, 1.82) is 0 Å². The molecule has 0 saturated heterocycles. The highest BCUT2D eigenvalue weighted by molar-refractivity contribution is 7.89. The zero-order valence-corrected chi connectivity index (χ0v) is 10.7. The molecule has 0 radical (unpaired) electrons. The van der Waals surface area contributed by atoms with Gasteiger partial charge in [-0.05, 0) is 26.1 Å². The van der Waals surface area contributed by atoms with Crippen molar-refractivity contribution in [3.8, 4) is 0 Å². The fraction of sp³-hybridized carbons (Fsp3) is 0.600. The predicted molar refractivity (Wildman–Crippen MR) is 62.6 cm³/mol. The van der Waals surface area contributed by atoms with E-state index < -0.39 is 10.0 Å². The monoisotopic (exact) mass is 246 g/mol. The Hall–Kier alpha value is -0.850. The molecule has 0 spiro atoms. The Kier molecular flexibility index (Phi) is 4.52. The topological polar surface area (TPSA) is 62.6 Å². The molecule has 5 nitrogen and oxygen atoms in total. The summed E-state index contributed by atoms with van der Waals surface area (Å²) in [6.45, 7) is 2.56. The van der Waals surface area contributed by atoms with Crippen LogP contribution < -0.4 is 5.32 Å². The molecule has 1 heterocycles. The second kappa shape index (κ2) is 5.47. The molecule has 0 amide bonds. The summed E-state index contributed by atoms with van der Waals surface area (Å²) in [6, 6.07) is 3.61. The summed E-state index contributed by atoms with van der Waals surface area (Å²) in [5, 5.41) is 2.82. The van der Waals surface area contributed by atoms with E-state index in [1.54, 1.807) is 20.2 Å². The lowest BCUT2D eigenvalue weighted by Gasteiger charge is -2.15. The fourth-order valence-electron chi connectivity index (χ4n) is 1.27. The second-order valence-electron chi connectivity index (χ2n) is 3.69. The van der Waals surface area contributed by atoms with E-state index in [1.807, 2.05) is 13.0 Å². The third-order valence-corrected chi connectivity index (χ3v) is 4.06. The molecule has 1 rings (SSSR count). The summed E-state index contributed by atoms with van der Waals surface area (Å²) in [7, 11) is 0.0854. The van der Waals surface area contributed by atoms with Gasteiger partial charge in [-0.1, -0.05) is 0 Å². The van der Waals surface area contributed by atoms with Gasteiger partial charge in [0, 0.05) is 13.6 Å². The first-order valence-electron chi connectivity index (χ1n) is 5.09. The maximum absolute atomic E-state index is 11.7. The maximum Gasteiger partial charge on any atom is 0.215 e. The first-order valence-corrected chi connectivity index (χ1v) is 6.70. The van der Waals surface area contributed by atoms with E-state index in [0.29, 0.717) is 12.3 Å². The van der Waals surface area contributed by atoms with Crippen molar-refractivity contribution in [1.82, 2.24) is 9.62 Å². The van der Waals surface area contributed by atoms with Crippen LogP contribution >= 0.6 is 0 Å². The van der Waals surface area contributed by atoms with Crippen LogP contribution in [0.2, 0.25) is 0 Å². The average Bonchev–Trinajstić information content (AvgIpc) is 2.61. The summed E-state index contributed by atoms with van der Waals surface area (Å²) in [6.07, 6.45) is 0. The number of sulfonamides is 1. The predicted octanol–water partition coefficient (Wildman–Crippen LogP) is 0.569. The molecule has 1 aromatic heterocycles. The van der Waals surface area contributed by atoms with Crippen molar-refractivity contribution in [2.24, 2.45) is 0 Å². The zero-order chi connectivity index (χ0) is 12.2. The molecular weight excluding hydrogens is 228 g/mol. The van der Waals surface area contributed by atoms with E-state index >= 15 is 0 Å². The van der Waals surface area contributed by atoms with Crippen molar-refractivity contribution in [2.45, 2.75) is 13.5 Å². The minimum Gasteiger partial charge on any atom is -0.465 e. The van der Waals surface area contributed by atoms with Crippen molar-refractivity contribution in [2.75, 3.05) is 26.4 Å². The maximum atomic E-state index is 11.7. The van der Waals surface area contributed by atoms with Gasteiger partial charge < -0.3 is 9.73 Å². The van der Waals surface area contributed by atoms with Gasteiger partial charge in [-0.15, -0.1) is 0 Å². The molecule has 0 fully saturated rings. The van der Waals surface area contributed by atoms with Gasteiger partial charge in [-0.3, -0.25) is 0 Å². The Labute approximate surface area is 96.5 Å². The molecule has 1 aromatic rings. The first-order chi connectivity index (χ1) is 7.45. The molecule has 16 heavy (non-hydrogen) atoms. The molecule has 6 heteroatoms. The Morgan fingerprint density at radius 1 is 1.44 bits per heavy atom. The van der Waals surface area contributed by atoms with Crippen molar-refractivity contribution >= 4 is 10.0 Å². The van der Waals surface area contributed by atoms with E-state index in [9.17, 15) is 8.42 Å². The molecule has 0 aromatic carbocycles. The van der Waals surface area contributed by atoms with Gasteiger partial charge >= 0.3 is 0 Å². The Morgan fingerprint density at radius 2 is 2.12 bits per heavy atom. The van der Waals surface area contributed by atoms with Crippen LogP contribution in [0, 0.1) is 6.92 Å². The normalized spacial score (nSPS) is 12.2. The third kappa shape index (κ3) is 3.62. The number of nitrogens with zero attached hydrogens (tertiary/aromatic N) is 1. The Bertz CT molecular complexity index is 425. The molecular formula is C10H18N2O3S. The van der Waals surface area contributed by atoms with Crippen molar-refractivity contribution < 1.29 is 12.8 Å². The lowest BCUT2D eigenvalue weighted by Crippen LogP contribution is -2.32. The highest BCUT2D eigenvalue weighted by atomic mass is 32.2. The molecule has 92 valence electrons. The van der Waals surface area contributed by atoms with E-state index in [0.717, 1.165) is 5.76 Å². The van der Waals surface area contributed by atoms with E-state index in [-0.39, 0.29) is 12.3 Å². The molecule has 0 atom stereocenters. The van der Waals surface area contributed by atoms with E-state index in [4.69, 9.17) is 4.42 Å². The second-order valence-corrected chi connectivity index (χ2v) is 5.88. The first kappa shape index (κ1) is 13.2. The van der Waals surface area contributed by atoms with Gasteiger partial charge in [0.2, 0.25) is 10.0 Å². The van der Waals surface area contributed by atoms with Gasteiger partial charge in [-0.2, -0.15) is 4.31 Å². The van der Waals surface area contributed by atoms with Crippen molar-refractivity contribution in [3.05, 3.63) is 23.7 Å². The summed E-state index contributed by atoms with van der Waals surface area (Å²) >= 11 is 0. The Morgan fingerprint density at radius 3 is 2.62 bits per heavy atom.